The predicted octanol–water partition coefficient (Wildman–Crippen LogP) is 0.255. The highest BCUT2D eigenvalue weighted by Gasteiger charge is 2.54. The van der Waals surface area contributed by atoms with Gasteiger partial charge in [-0.3, -0.25) is 4.79 Å². The van der Waals surface area contributed by atoms with Crippen molar-refractivity contribution < 1.29 is 19.1 Å². The number of esters is 2. The Morgan fingerprint density at radius 3 is 2.67 bits per heavy atom. The molecular weight excluding hydrogens is 160 g/mol. The van der Waals surface area contributed by atoms with Crippen molar-refractivity contribution in [3.63, 3.8) is 0 Å². The van der Waals surface area contributed by atoms with E-state index < -0.39 is 17.5 Å². The Balaban J connectivity index is 2.22. The summed E-state index contributed by atoms with van der Waals surface area (Å²) in [6.07, 6.45) is 0.702. The molecule has 4 heteroatoms. The minimum absolute atomic E-state index is 0.0934. The summed E-state index contributed by atoms with van der Waals surface area (Å²) in [6, 6.07) is 0. The molecule has 2 atom stereocenters. The summed E-state index contributed by atoms with van der Waals surface area (Å²) < 4.78 is 9.75. The van der Waals surface area contributed by atoms with Gasteiger partial charge in [0.2, 0.25) is 0 Å². The van der Waals surface area contributed by atoms with Crippen molar-refractivity contribution in [2.45, 2.75) is 25.4 Å². The highest BCUT2D eigenvalue weighted by Crippen LogP contribution is 2.37. The van der Waals surface area contributed by atoms with E-state index in [2.05, 4.69) is 4.74 Å². The molecule has 4 nitrogen and oxygen atoms in total. The van der Waals surface area contributed by atoms with E-state index in [0.717, 1.165) is 0 Å². The van der Waals surface area contributed by atoms with Gasteiger partial charge in [0.05, 0.1) is 13.0 Å². The van der Waals surface area contributed by atoms with Gasteiger partial charge in [-0.05, 0) is 12.3 Å². The van der Waals surface area contributed by atoms with E-state index >= 15 is 0 Å². The molecule has 0 saturated carbocycles. The first-order valence-electron chi connectivity index (χ1n) is 4.01. The van der Waals surface area contributed by atoms with Crippen molar-refractivity contribution in [3.05, 3.63) is 0 Å². The van der Waals surface area contributed by atoms with Crippen LogP contribution in [0.15, 0.2) is 0 Å². The van der Waals surface area contributed by atoms with Crippen molar-refractivity contribution in [2.75, 3.05) is 6.61 Å². The van der Waals surface area contributed by atoms with Crippen molar-refractivity contribution in [1.82, 2.24) is 0 Å². The fourth-order valence-electron chi connectivity index (χ4n) is 1.79. The molecule has 0 radical (unpaired) electrons. The Bertz CT molecular complexity index is 247. The van der Waals surface area contributed by atoms with Crippen LogP contribution in [0, 0.1) is 5.92 Å². The van der Waals surface area contributed by atoms with Crippen LogP contribution < -0.4 is 0 Å². The van der Waals surface area contributed by atoms with Crippen LogP contribution in [0.4, 0.5) is 0 Å². The van der Waals surface area contributed by atoms with Gasteiger partial charge in [-0.15, -0.1) is 0 Å². The van der Waals surface area contributed by atoms with Gasteiger partial charge in [-0.1, -0.05) is 6.92 Å². The molecule has 0 amide bonds. The SMILES string of the molecule is CC1COC2(CC(=O)OC2=O)C1. The van der Waals surface area contributed by atoms with E-state index in [1.54, 1.807) is 0 Å². The number of hydrogen-bond donors (Lipinski definition) is 0. The van der Waals surface area contributed by atoms with Crippen LogP contribution in [0.25, 0.3) is 0 Å². The van der Waals surface area contributed by atoms with Crippen molar-refractivity contribution >= 4 is 11.9 Å². The maximum Gasteiger partial charge on any atom is 0.346 e. The largest absolute Gasteiger partial charge is 0.391 e. The van der Waals surface area contributed by atoms with E-state index in [9.17, 15) is 9.59 Å². The lowest BCUT2D eigenvalue weighted by Gasteiger charge is -2.14. The lowest BCUT2D eigenvalue weighted by Crippen LogP contribution is -2.33. The molecular formula is C8H10O4. The number of carbonyl (C=O) groups excluding carboxylic acids is 2. The molecule has 2 aliphatic heterocycles. The molecule has 2 heterocycles. The minimum Gasteiger partial charge on any atom is -0.391 e. The second kappa shape index (κ2) is 2.29. The maximum atomic E-state index is 11.2. The predicted molar refractivity (Wildman–Crippen MR) is 38.2 cm³/mol. The fourth-order valence-corrected chi connectivity index (χ4v) is 1.79. The summed E-state index contributed by atoms with van der Waals surface area (Å²) in [5.41, 5.74) is -0.920. The number of ether oxygens (including phenoxy) is 2. The Hall–Kier alpha value is -0.900. The second-order valence-corrected chi connectivity index (χ2v) is 3.55. The molecule has 12 heavy (non-hydrogen) atoms. The first kappa shape index (κ1) is 7.73. The first-order chi connectivity index (χ1) is 5.62. The summed E-state index contributed by atoms with van der Waals surface area (Å²) in [5.74, 6) is -0.630. The molecule has 2 rings (SSSR count). The van der Waals surface area contributed by atoms with Crippen LogP contribution in [0.2, 0.25) is 0 Å². The lowest BCUT2D eigenvalue weighted by atomic mass is 9.94. The Labute approximate surface area is 69.8 Å². The van der Waals surface area contributed by atoms with Crippen LogP contribution in [-0.4, -0.2) is 24.1 Å². The van der Waals surface area contributed by atoms with Crippen LogP contribution >= 0.6 is 0 Å². The van der Waals surface area contributed by atoms with Gasteiger partial charge >= 0.3 is 11.9 Å². The number of rotatable bonds is 0. The van der Waals surface area contributed by atoms with Crippen LogP contribution in [0.5, 0.6) is 0 Å². The second-order valence-electron chi connectivity index (χ2n) is 3.55. The highest BCUT2D eigenvalue weighted by molar-refractivity contribution is 5.99. The normalized spacial score (nSPS) is 40.9. The molecule has 0 aromatic rings. The number of cyclic esters (lactones) is 2. The third kappa shape index (κ3) is 0.948. The van der Waals surface area contributed by atoms with Crippen molar-refractivity contribution in [3.8, 4) is 0 Å². The summed E-state index contributed by atoms with van der Waals surface area (Å²) in [6.45, 7) is 2.53. The third-order valence-electron chi connectivity index (χ3n) is 2.33. The smallest absolute Gasteiger partial charge is 0.346 e. The van der Waals surface area contributed by atoms with E-state index in [-0.39, 0.29) is 6.42 Å². The quantitative estimate of drug-likeness (QED) is 0.386. The van der Waals surface area contributed by atoms with E-state index in [1.807, 2.05) is 6.92 Å². The van der Waals surface area contributed by atoms with Gasteiger partial charge in [0, 0.05) is 0 Å². The first-order valence-corrected chi connectivity index (χ1v) is 4.01. The van der Waals surface area contributed by atoms with Crippen LogP contribution in [0.1, 0.15) is 19.8 Å². The molecule has 2 aliphatic rings. The number of carbonyl (C=O) groups is 2. The van der Waals surface area contributed by atoms with Crippen molar-refractivity contribution in [2.24, 2.45) is 5.92 Å². The standard InChI is InChI=1S/C8H10O4/c1-5-2-8(11-4-5)3-6(9)12-7(8)10/h5H,2-4H2,1H3. The molecule has 0 bridgehead atoms. The van der Waals surface area contributed by atoms with Gasteiger partial charge < -0.3 is 9.47 Å². The monoisotopic (exact) mass is 170 g/mol. The lowest BCUT2D eigenvalue weighted by molar-refractivity contribution is -0.159. The van der Waals surface area contributed by atoms with E-state index in [1.165, 1.54) is 0 Å². The minimum atomic E-state index is -0.920. The third-order valence-corrected chi connectivity index (χ3v) is 2.33. The van der Waals surface area contributed by atoms with Gasteiger partial charge in [-0.25, -0.2) is 4.79 Å². The van der Waals surface area contributed by atoms with Gasteiger partial charge in [0.15, 0.2) is 5.60 Å². The van der Waals surface area contributed by atoms with Gasteiger partial charge in [0.1, 0.15) is 0 Å². The molecule has 2 saturated heterocycles. The van der Waals surface area contributed by atoms with Crippen LogP contribution in [0.3, 0.4) is 0 Å². The molecule has 2 fully saturated rings. The molecule has 1 spiro atoms. The number of hydrogen-bond acceptors (Lipinski definition) is 4. The maximum absolute atomic E-state index is 11.2. The summed E-state index contributed by atoms with van der Waals surface area (Å²) >= 11 is 0. The highest BCUT2D eigenvalue weighted by atomic mass is 16.6. The average molecular weight is 170 g/mol. The Morgan fingerprint density at radius 1 is 1.50 bits per heavy atom. The Morgan fingerprint density at radius 2 is 2.25 bits per heavy atom. The van der Waals surface area contributed by atoms with Gasteiger partial charge in [-0.2, -0.15) is 0 Å². The molecule has 0 aliphatic carbocycles. The zero-order valence-corrected chi connectivity index (χ0v) is 6.83. The van der Waals surface area contributed by atoms with Crippen molar-refractivity contribution in [1.29, 1.82) is 0 Å². The summed E-state index contributed by atoms with van der Waals surface area (Å²) in [4.78, 5) is 22.0. The molecule has 2 unspecified atom stereocenters. The van der Waals surface area contributed by atoms with Crippen LogP contribution in [-0.2, 0) is 19.1 Å². The Kier molecular flexibility index (Phi) is 1.48. The summed E-state index contributed by atoms with van der Waals surface area (Å²) in [7, 11) is 0. The zero-order valence-electron chi connectivity index (χ0n) is 6.83. The fraction of sp³-hybridized carbons (Fsp3) is 0.750. The molecule has 0 aromatic carbocycles. The summed E-state index contributed by atoms with van der Waals surface area (Å²) in [5, 5.41) is 0. The van der Waals surface area contributed by atoms with E-state index in [4.69, 9.17) is 4.74 Å². The molecule has 0 N–H and O–H groups in total. The molecule has 0 aromatic heterocycles. The van der Waals surface area contributed by atoms with Gasteiger partial charge in [0.25, 0.3) is 0 Å². The topological polar surface area (TPSA) is 52.6 Å². The van der Waals surface area contributed by atoms with E-state index in [0.29, 0.717) is 18.9 Å². The zero-order chi connectivity index (χ0) is 8.77. The average Bonchev–Trinajstić information content (AvgIpc) is 2.43. The molecule has 66 valence electrons.